The van der Waals surface area contributed by atoms with Crippen LogP contribution in [0, 0.1) is 0 Å². The Morgan fingerprint density at radius 2 is 1.93 bits per heavy atom. The van der Waals surface area contributed by atoms with Crippen molar-refractivity contribution in [2.75, 3.05) is 7.11 Å². The van der Waals surface area contributed by atoms with Gasteiger partial charge < -0.3 is 14.3 Å². The Hall–Kier alpha value is -2.96. The zero-order valence-electron chi connectivity index (χ0n) is 18.2. The van der Waals surface area contributed by atoms with Crippen molar-refractivity contribution in [3.05, 3.63) is 51.1 Å². The Bertz CT molecular complexity index is 876. The van der Waals surface area contributed by atoms with Crippen molar-refractivity contribution < 1.29 is 23.8 Å². The molecule has 7 heteroatoms. The van der Waals surface area contributed by atoms with Crippen molar-refractivity contribution in [2.24, 2.45) is 4.99 Å². The van der Waals surface area contributed by atoms with Crippen LogP contribution in [0.15, 0.2) is 43.6 Å². The number of carbonyl (C=O) groups excluding carboxylic acids is 2. The summed E-state index contributed by atoms with van der Waals surface area (Å²) in [4.78, 5) is 39.2. The molecule has 1 N–H and O–H groups in total. The van der Waals surface area contributed by atoms with Gasteiger partial charge in [-0.2, -0.15) is 4.99 Å². The second kappa shape index (κ2) is 13.3. The number of ketones is 1. The number of aliphatic imine (C=N–C) groups is 1. The van der Waals surface area contributed by atoms with Crippen LogP contribution in [0.1, 0.15) is 75.4 Å². The summed E-state index contributed by atoms with van der Waals surface area (Å²) in [5.41, 5.74) is 0.303. The average molecular weight is 418 g/mol. The fourth-order valence-corrected chi connectivity index (χ4v) is 2.67. The van der Waals surface area contributed by atoms with Gasteiger partial charge in [-0.25, -0.2) is 9.59 Å². The Labute approximate surface area is 177 Å². The van der Waals surface area contributed by atoms with Gasteiger partial charge >= 0.3 is 11.7 Å². The van der Waals surface area contributed by atoms with Gasteiger partial charge in [-0.1, -0.05) is 31.1 Å². The maximum Gasteiger partial charge on any atom is 0.432 e. The lowest BCUT2D eigenvalue weighted by atomic mass is 10.0. The number of unbranched alkanes of at least 4 members (excludes halogenated alkanes) is 3. The predicted molar refractivity (Wildman–Crippen MR) is 116 cm³/mol. The lowest BCUT2D eigenvalue weighted by Crippen LogP contribution is -2.16. The van der Waals surface area contributed by atoms with E-state index in [0.717, 1.165) is 24.8 Å². The number of rotatable bonds is 11. The van der Waals surface area contributed by atoms with E-state index in [1.165, 1.54) is 19.4 Å². The minimum absolute atomic E-state index is 0.302. The van der Waals surface area contributed by atoms with Crippen molar-refractivity contribution in [3.8, 4) is 5.75 Å². The van der Waals surface area contributed by atoms with Crippen LogP contribution in [0.3, 0.4) is 0 Å². The molecule has 0 aliphatic heterocycles. The number of aryl methyl sites for hydroxylation is 1. The van der Waals surface area contributed by atoms with E-state index in [4.69, 9.17) is 4.42 Å². The molecular formula is C23H31NO6. The summed E-state index contributed by atoms with van der Waals surface area (Å²) in [6.07, 6.45) is 9.80. The van der Waals surface area contributed by atoms with Crippen LogP contribution in [-0.2, 0) is 11.2 Å². The van der Waals surface area contributed by atoms with E-state index >= 15 is 0 Å². The van der Waals surface area contributed by atoms with Gasteiger partial charge in [-0.3, -0.25) is 4.79 Å². The zero-order valence-corrected chi connectivity index (χ0v) is 18.2. The number of hydrogen-bond donors (Lipinski definition) is 1. The van der Waals surface area contributed by atoms with Crippen LogP contribution in [0.5, 0.6) is 5.75 Å². The van der Waals surface area contributed by atoms with E-state index in [1.807, 2.05) is 13.0 Å². The number of hydrogen-bond acceptors (Lipinski definition) is 6. The number of allylic oxidation sites excluding steroid dienone is 4. The van der Waals surface area contributed by atoms with Crippen LogP contribution in [0.4, 0.5) is 4.79 Å². The minimum atomic E-state index is -0.846. The maximum absolute atomic E-state index is 12.6. The number of amides is 1. The molecule has 7 nitrogen and oxygen atoms in total. The predicted octanol–water partition coefficient (Wildman–Crippen LogP) is 5.16. The molecule has 0 atom stereocenters. The van der Waals surface area contributed by atoms with E-state index in [-0.39, 0.29) is 11.3 Å². The smallest absolute Gasteiger partial charge is 0.432 e. The zero-order chi connectivity index (χ0) is 22.5. The normalized spacial score (nSPS) is 12.4. The Balaban J connectivity index is 2.76. The lowest BCUT2D eigenvalue weighted by Gasteiger charge is -2.05. The summed E-state index contributed by atoms with van der Waals surface area (Å²) in [7, 11) is 1.26. The standard InChI is InChI=1S/C23H31NO6/c1-5-6-10-16(2)12-13-17(3)21(26)20-19(25)15-18(30-22(20)27)11-8-7-9-14-24-23(28)29-4/h12-15,25H,5-11H2,1-4H3/b16-12+,17-13+,24-14+. The first-order valence-electron chi connectivity index (χ1n) is 10.1. The van der Waals surface area contributed by atoms with Gasteiger partial charge in [0.25, 0.3) is 0 Å². The maximum atomic E-state index is 12.6. The number of ether oxygens (including phenoxy) is 1. The molecule has 0 saturated heterocycles. The summed E-state index contributed by atoms with van der Waals surface area (Å²) < 4.78 is 9.61. The molecule has 0 spiro atoms. The molecule has 30 heavy (non-hydrogen) atoms. The first-order chi connectivity index (χ1) is 14.3. The second-order valence-electron chi connectivity index (χ2n) is 7.08. The Morgan fingerprint density at radius 1 is 1.20 bits per heavy atom. The highest BCUT2D eigenvalue weighted by molar-refractivity contribution is 6.09. The summed E-state index contributed by atoms with van der Waals surface area (Å²) in [5.74, 6) is -0.625. The summed E-state index contributed by atoms with van der Waals surface area (Å²) >= 11 is 0. The van der Waals surface area contributed by atoms with Crippen molar-refractivity contribution in [1.29, 1.82) is 0 Å². The number of aromatic hydroxyl groups is 1. The Morgan fingerprint density at radius 3 is 2.57 bits per heavy atom. The molecule has 1 rings (SSSR count). The van der Waals surface area contributed by atoms with Crippen LogP contribution in [-0.4, -0.2) is 30.3 Å². The van der Waals surface area contributed by atoms with Crippen LogP contribution < -0.4 is 5.63 Å². The quantitative estimate of drug-likeness (QED) is 0.175. The highest BCUT2D eigenvalue weighted by Crippen LogP contribution is 2.20. The fraction of sp³-hybridized carbons (Fsp3) is 0.478. The van der Waals surface area contributed by atoms with E-state index in [1.54, 1.807) is 13.0 Å². The summed E-state index contributed by atoms with van der Waals surface area (Å²) in [6.45, 7) is 5.71. The lowest BCUT2D eigenvalue weighted by molar-refractivity contribution is 0.102. The molecule has 1 aromatic rings. The number of nitrogens with zero attached hydrogens (tertiary/aromatic N) is 1. The second-order valence-corrected chi connectivity index (χ2v) is 7.08. The third-order valence-electron chi connectivity index (χ3n) is 4.49. The number of methoxy groups -OCH3 is 1. The SMILES string of the molecule is CCCC/C(C)=C/C=C(\C)C(=O)c1c(O)cc(CCCC/C=N/C(=O)OC)oc1=O. The monoisotopic (exact) mass is 417 g/mol. The van der Waals surface area contributed by atoms with Gasteiger partial charge in [-0.15, -0.1) is 0 Å². The number of carbonyl (C=O) groups is 2. The summed E-state index contributed by atoms with van der Waals surface area (Å²) in [6, 6.07) is 1.31. The molecule has 0 radical (unpaired) electrons. The minimum Gasteiger partial charge on any atom is -0.507 e. The molecule has 0 fully saturated rings. The van der Waals surface area contributed by atoms with Crippen LogP contribution >= 0.6 is 0 Å². The van der Waals surface area contributed by atoms with Crippen molar-refractivity contribution in [2.45, 2.75) is 65.7 Å². The molecule has 0 saturated carbocycles. The highest BCUT2D eigenvalue weighted by Gasteiger charge is 2.20. The molecular weight excluding hydrogens is 386 g/mol. The molecule has 0 aliphatic carbocycles. The molecule has 0 unspecified atom stereocenters. The summed E-state index contributed by atoms with van der Waals surface area (Å²) in [5, 5.41) is 10.2. The van der Waals surface area contributed by atoms with Crippen molar-refractivity contribution >= 4 is 18.1 Å². The molecule has 1 aromatic heterocycles. The third-order valence-corrected chi connectivity index (χ3v) is 4.49. The molecule has 0 aliphatic rings. The fourth-order valence-electron chi connectivity index (χ4n) is 2.67. The van der Waals surface area contributed by atoms with Gasteiger partial charge in [-0.05, 0) is 51.5 Å². The number of Topliss-reactive ketones (excluding diaryl/α,β-unsaturated/α-hetero) is 1. The Kier molecular flexibility index (Phi) is 11.1. The van der Waals surface area contributed by atoms with Crippen LogP contribution in [0.2, 0.25) is 0 Å². The van der Waals surface area contributed by atoms with Gasteiger partial charge in [0, 0.05) is 18.7 Å². The average Bonchev–Trinajstić information content (AvgIpc) is 2.71. The molecule has 1 heterocycles. The largest absolute Gasteiger partial charge is 0.507 e. The van der Waals surface area contributed by atoms with Crippen LogP contribution in [0.25, 0.3) is 0 Å². The first kappa shape index (κ1) is 25.1. The third kappa shape index (κ3) is 8.59. The van der Waals surface area contributed by atoms with Gasteiger partial charge in [0.1, 0.15) is 17.1 Å². The van der Waals surface area contributed by atoms with Crippen molar-refractivity contribution in [1.82, 2.24) is 0 Å². The van der Waals surface area contributed by atoms with E-state index in [9.17, 15) is 19.5 Å². The van der Waals surface area contributed by atoms with Gasteiger partial charge in [0.15, 0.2) is 5.78 Å². The first-order valence-corrected chi connectivity index (χ1v) is 10.1. The van der Waals surface area contributed by atoms with Gasteiger partial charge in [0.2, 0.25) is 0 Å². The van der Waals surface area contributed by atoms with E-state index in [0.29, 0.717) is 37.0 Å². The van der Waals surface area contributed by atoms with E-state index in [2.05, 4.69) is 16.7 Å². The molecule has 0 aromatic carbocycles. The highest BCUT2D eigenvalue weighted by atomic mass is 16.5. The topological polar surface area (TPSA) is 106 Å². The van der Waals surface area contributed by atoms with Crippen molar-refractivity contribution in [3.63, 3.8) is 0 Å². The van der Waals surface area contributed by atoms with E-state index < -0.39 is 17.5 Å². The van der Waals surface area contributed by atoms with Gasteiger partial charge in [0.05, 0.1) is 7.11 Å². The molecule has 1 amide bonds. The molecule has 0 bridgehead atoms. The molecule has 164 valence electrons.